The van der Waals surface area contributed by atoms with Crippen LogP contribution in [0.5, 0.6) is 0 Å². The van der Waals surface area contributed by atoms with Crippen LogP contribution < -0.4 is 5.73 Å². The molecule has 0 bridgehead atoms. The van der Waals surface area contributed by atoms with Gasteiger partial charge in [0.25, 0.3) is 0 Å². The molecule has 1 unspecified atom stereocenters. The molecule has 2 saturated heterocycles. The highest BCUT2D eigenvalue weighted by Crippen LogP contribution is 2.45. The number of carbonyl (C=O) groups excluding carboxylic acids is 3. The van der Waals surface area contributed by atoms with Gasteiger partial charge in [0.2, 0.25) is 12.7 Å². The van der Waals surface area contributed by atoms with Crippen LogP contribution in [0, 0.1) is 0 Å². The maximum absolute atomic E-state index is 12.5. The first-order chi connectivity index (χ1) is 11.6. The topological polar surface area (TPSA) is 133 Å². The third-order valence-corrected chi connectivity index (χ3v) is 7.58. The number of β-lactam (4-membered cyclic amide) rings is 1. The normalized spacial score (nSPS) is 28.9. The van der Waals surface area contributed by atoms with Gasteiger partial charge >= 0.3 is 11.9 Å². The van der Waals surface area contributed by atoms with Gasteiger partial charge in [0.15, 0.2) is 15.2 Å². The summed E-state index contributed by atoms with van der Waals surface area (Å²) in [5, 5.41) is -1.22. The zero-order chi connectivity index (χ0) is 19.0. The molecule has 25 heavy (non-hydrogen) atoms. The summed E-state index contributed by atoms with van der Waals surface area (Å²) in [7, 11) is -3.83. The molecule has 0 spiro atoms. The molecular weight excluding hydrogens is 352 g/mol. The Morgan fingerprint density at radius 1 is 1.24 bits per heavy atom. The lowest BCUT2D eigenvalue weighted by Gasteiger charge is -2.40. The highest BCUT2D eigenvalue weighted by Gasteiger charge is 2.71. The summed E-state index contributed by atoms with van der Waals surface area (Å²) in [5.41, 5.74) is 5.57. The third-order valence-electron chi connectivity index (χ3n) is 4.74. The summed E-state index contributed by atoms with van der Waals surface area (Å²) in [6, 6.07) is -2.48. The van der Waals surface area contributed by atoms with E-state index in [9.17, 15) is 22.8 Å². The molecule has 2 aliphatic heterocycles. The van der Waals surface area contributed by atoms with Crippen LogP contribution in [-0.4, -0.2) is 60.2 Å². The number of esters is 2. The predicted molar refractivity (Wildman–Crippen MR) is 86.6 cm³/mol. The minimum atomic E-state index is -3.83. The molecular formula is C15H24N2O7S. The van der Waals surface area contributed by atoms with Crippen LogP contribution in [-0.2, 0) is 33.7 Å². The van der Waals surface area contributed by atoms with Crippen molar-refractivity contribution in [2.24, 2.45) is 5.73 Å². The van der Waals surface area contributed by atoms with Gasteiger partial charge in [-0.2, -0.15) is 0 Å². The molecule has 1 amide bonds. The Morgan fingerprint density at radius 2 is 1.88 bits per heavy atom. The number of unbranched alkanes of at least 4 members (excludes halogenated alkanes) is 2. The molecule has 2 fully saturated rings. The Labute approximate surface area is 146 Å². The molecule has 2 N–H and O–H groups in total. The monoisotopic (exact) mass is 376 g/mol. The van der Waals surface area contributed by atoms with Crippen LogP contribution in [0.1, 0.15) is 46.5 Å². The lowest BCUT2D eigenvalue weighted by atomic mass is 9.96. The summed E-state index contributed by atoms with van der Waals surface area (Å²) in [6.45, 7) is 4.09. The lowest BCUT2D eigenvalue weighted by molar-refractivity contribution is -0.176. The van der Waals surface area contributed by atoms with E-state index in [1.54, 1.807) is 0 Å². The van der Waals surface area contributed by atoms with Crippen molar-refractivity contribution < 1.29 is 32.3 Å². The van der Waals surface area contributed by atoms with Gasteiger partial charge in [-0.05, 0) is 20.3 Å². The van der Waals surface area contributed by atoms with Gasteiger partial charge in [-0.1, -0.05) is 19.8 Å². The van der Waals surface area contributed by atoms with Crippen LogP contribution in [0.4, 0.5) is 0 Å². The largest absolute Gasteiger partial charge is 0.428 e. The Hall–Kier alpha value is -1.68. The van der Waals surface area contributed by atoms with E-state index in [2.05, 4.69) is 0 Å². The fourth-order valence-electron chi connectivity index (χ4n) is 3.15. The number of nitrogens with two attached hydrogens (primary N) is 1. The van der Waals surface area contributed by atoms with Gasteiger partial charge in [0, 0.05) is 6.42 Å². The number of carbonyl (C=O) groups is 3. The van der Waals surface area contributed by atoms with E-state index in [1.807, 2.05) is 6.92 Å². The molecule has 142 valence electrons. The fraction of sp³-hybridized carbons (Fsp3) is 0.800. The van der Waals surface area contributed by atoms with E-state index in [0.717, 1.165) is 17.7 Å². The first-order valence-electron chi connectivity index (χ1n) is 8.20. The average molecular weight is 376 g/mol. The molecule has 3 atom stereocenters. The summed E-state index contributed by atoms with van der Waals surface area (Å²) < 4.78 is 33.2. The minimum absolute atomic E-state index is 0.218. The van der Waals surface area contributed by atoms with Crippen molar-refractivity contribution in [2.75, 3.05) is 6.79 Å². The molecule has 0 aliphatic carbocycles. The van der Waals surface area contributed by atoms with E-state index in [0.29, 0.717) is 6.42 Å². The smallest absolute Gasteiger partial charge is 0.333 e. The van der Waals surface area contributed by atoms with Crippen molar-refractivity contribution in [3.63, 3.8) is 0 Å². The molecule has 10 heteroatoms. The quantitative estimate of drug-likeness (QED) is 0.277. The minimum Gasteiger partial charge on any atom is -0.428 e. The second-order valence-corrected chi connectivity index (χ2v) is 9.39. The number of hydrogen-bond donors (Lipinski definition) is 1. The van der Waals surface area contributed by atoms with Crippen LogP contribution in [0.25, 0.3) is 0 Å². The Kier molecular flexibility index (Phi) is 5.43. The first kappa shape index (κ1) is 19.6. The molecule has 0 aromatic heterocycles. The van der Waals surface area contributed by atoms with Gasteiger partial charge in [-0.25, -0.2) is 13.2 Å². The summed E-state index contributed by atoms with van der Waals surface area (Å²) in [5.74, 6) is -2.05. The number of rotatable bonds is 7. The number of hydrogen-bond acceptors (Lipinski definition) is 8. The number of ether oxygens (including phenoxy) is 2. The Morgan fingerprint density at radius 3 is 2.48 bits per heavy atom. The zero-order valence-electron chi connectivity index (χ0n) is 14.6. The average Bonchev–Trinajstić information content (AvgIpc) is 2.68. The molecule has 2 heterocycles. The maximum atomic E-state index is 12.5. The highest BCUT2D eigenvalue weighted by atomic mass is 32.2. The zero-order valence-corrected chi connectivity index (χ0v) is 15.4. The molecule has 2 aliphatic rings. The van der Waals surface area contributed by atoms with Gasteiger partial charge < -0.3 is 20.1 Å². The van der Waals surface area contributed by atoms with Gasteiger partial charge in [0.05, 0.1) is 0 Å². The SMILES string of the molecule is CCCCCC(=O)OCOC(=O)[C@@H]1N2C(=O)C(N)[C@H]2S(=O)(=O)C1(C)C. The fourth-order valence-corrected chi connectivity index (χ4v) is 5.32. The molecule has 9 nitrogen and oxygen atoms in total. The van der Waals surface area contributed by atoms with E-state index in [4.69, 9.17) is 15.2 Å². The Balaban J connectivity index is 1.97. The second-order valence-electron chi connectivity index (χ2n) is 6.77. The van der Waals surface area contributed by atoms with Crippen molar-refractivity contribution in [3.05, 3.63) is 0 Å². The van der Waals surface area contributed by atoms with Crippen molar-refractivity contribution >= 4 is 27.7 Å². The molecule has 0 radical (unpaired) electrons. The van der Waals surface area contributed by atoms with Crippen LogP contribution in [0.15, 0.2) is 0 Å². The van der Waals surface area contributed by atoms with E-state index >= 15 is 0 Å². The molecule has 0 aromatic rings. The van der Waals surface area contributed by atoms with E-state index in [1.165, 1.54) is 13.8 Å². The summed E-state index contributed by atoms with van der Waals surface area (Å²) in [4.78, 5) is 36.7. The highest BCUT2D eigenvalue weighted by molar-refractivity contribution is 7.94. The summed E-state index contributed by atoms with van der Waals surface area (Å²) in [6.07, 6.45) is 2.75. The molecule has 0 saturated carbocycles. The first-order valence-corrected chi connectivity index (χ1v) is 9.75. The predicted octanol–water partition coefficient (Wildman–Crippen LogP) is -0.318. The van der Waals surface area contributed by atoms with Gasteiger partial charge in [-0.3, -0.25) is 9.59 Å². The van der Waals surface area contributed by atoms with Crippen LogP contribution in [0.2, 0.25) is 0 Å². The van der Waals surface area contributed by atoms with Crippen molar-refractivity contribution in [2.45, 2.75) is 68.7 Å². The molecule has 2 rings (SSSR count). The maximum Gasteiger partial charge on any atom is 0.333 e. The second kappa shape index (κ2) is 6.91. The Bertz CT molecular complexity index is 673. The van der Waals surface area contributed by atoms with Crippen LogP contribution >= 0.6 is 0 Å². The molecule has 0 aromatic carbocycles. The van der Waals surface area contributed by atoms with Crippen molar-refractivity contribution in [1.29, 1.82) is 0 Å². The summed E-state index contributed by atoms with van der Waals surface area (Å²) >= 11 is 0. The van der Waals surface area contributed by atoms with Gasteiger partial charge in [0.1, 0.15) is 16.8 Å². The van der Waals surface area contributed by atoms with Crippen molar-refractivity contribution in [3.8, 4) is 0 Å². The number of sulfone groups is 1. The van der Waals surface area contributed by atoms with Crippen LogP contribution in [0.3, 0.4) is 0 Å². The third kappa shape index (κ3) is 3.12. The van der Waals surface area contributed by atoms with E-state index in [-0.39, 0.29) is 6.42 Å². The standard InChI is InChI=1S/C15H24N2O7S/c1-4-5-6-7-9(18)23-8-24-14(20)11-15(2,3)25(21,22)13-10(16)12(19)17(11)13/h10-11,13H,4-8,16H2,1-3H3/t10?,11-,13+/m0/s1. The number of nitrogens with zero attached hydrogens (tertiary/aromatic N) is 1. The lowest BCUT2D eigenvalue weighted by Crippen LogP contribution is -2.70. The van der Waals surface area contributed by atoms with Crippen molar-refractivity contribution in [1.82, 2.24) is 4.90 Å². The van der Waals surface area contributed by atoms with Gasteiger partial charge in [-0.15, -0.1) is 0 Å². The number of fused-ring (bicyclic) bond motifs is 1. The van der Waals surface area contributed by atoms with E-state index < -0.39 is 56.7 Å². The number of amides is 1.